The standard InChI is InChI=1S/C21H21NO/c1-16(17-10-4-2-5-11-17)22-21(18-12-6-3-7-13-18)19-14-8-9-15-20(19)23/h2-16,21-23H,1H3/t16-,21-/m0/s1. The Labute approximate surface area is 137 Å². The monoisotopic (exact) mass is 303 g/mol. The zero-order valence-corrected chi connectivity index (χ0v) is 13.2. The molecular weight excluding hydrogens is 282 g/mol. The molecule has 23 heavy (non-hydrogen) atoms. The fourth-order valence-electron chi connectivity index (χ4n) is 2.83. The van der Waals surface area contributed by atoms with Gasteiger partial charge in [-0.2, -0.15) is 0 Å². The summed E-state index contributed by atoms with van der Waals surface area (Å²) in [5.74, 6) is 0.314. The number of hydrogen-bond acceptors (Lipinski definition) is 2. The fraction of sp³-hybridized carbons (Fsp3) is 0.143. The molecule has 0 unspecified atom stereocenters. The molecule has 0 saturated carbocycles. The Balaban J connectivity index is 1.95. The Morgan fingerprint density at radius 1 is 0.696 bits per heavy atom. The number of benzene rings is 3. The van der Waals surface area contributed by atoms with E-state index in [1.54, 1.807) is 6.07 Å². The van der Waals surface area contributed by atoms with E-state index < -0.39 is 0 Å². The summed E-state index contributed by atoms with van der Waals surface area (Å²) in [6, 6.07) is 28.2. The van der Waals surface area contributed by atoms with Gasteiger partial charge >= 0.3 is 0 Å². The number of nitrogens with one attached hydrogen (secondary N) is 1. The van der Waals surface area contributed by atoms with Gasteiger partial charge in [-0.3, -0.25) is 5.32 Å². The third-order valence-electron chi connectivity index (χ3n) is 4.10. The molecule has 2 N–H and O–H groups in total. The van der Waals surface area contributed by atoms with Gasteiger partial charge in [0.1, 0.15) is 5.75 Å². The van der Waals surface area contributed by atoms with Crippen molar-refractivity contribution in [1.29, 1.82) is 0 Å². The van der Waals surface area contributed by atoms with Crippen LogP contribution in [-0.4, -0.2) is 5.11 Å². The summed E-state index contributed by atoms with van der Waals surface area (Å²) in [7, 11) is 0. The predicted octanol–water partition coefficient (Wildman–Crippen LogP) is 4.83. The van der Waals surface area contributed by atoms with E-state index in [9.17, 15) is 5.11 Å². The minimum absolute atomic E-state index is 0.0624. The van der Waals surface area contributed by atoms with Crippen LogP contribution in [0.4, 0.5) is 0 Å². The van der Waals surface area contributed by atoms with Crippen LogP contribution in [0.25, 0.3) is 0 Å². The van der Waals surface area contributed by atoms with Crippen molar-refractivity contribution in [2.24, 2.45) is 0 Å². The lowest BCUT2D eigenvalue weighted by Crippen LogP contribution is -2.25. The van der Waals surface area contributed by atoms with Crippen LogP contribution in [0.15, 0.2) is 84.9 Å². The average Bonchev–Trinajstić information content (AvgIpc) is 2.62. The van der Waals surface area contributed by atoms with E-state index in [1.165, 1.54) is 5.56 Å². The van der Waals surface area contributed by atoms with Gasteiger partial charge in [-0.15, -0.1) is 0 Å². The lowest BCUT2D eigenvalue weighted by molar-refractivity contribution is 0.446. The smallest absolute Gasteiger partial charge is 0.120 e. The SMILES string of the molecule is C[C@H](N[C@@H](c1ccccc1)c1ccccc1O)c1ccccc1. The van der Waals surface area contributed by atoms with Gasteiger partial charge < -0.3 is 5.11 Å². The quantitative estimate of drug-likeness (QED) is 0.707. The molecule has 0 heterocycles. The summed E-state index contributed by atoms with van der Waals surface area (Å²) in [4.78, 5) is 0. The van der Waals surface area contributed by atoms with E-state index in [0.29, 0.717) is 5.75 Å². The van der Waals surface area contributed by atoms with Gasteiger partial charge in [0.15, 0.2) is 0 Å². The van der Waals surface area contributed by atoms with Crippen molar-refractivity contribution in [2.45, 2.75) is 19.0 Å². The van der Waals surface area contributed by atoms with Gasteiger partial charge in [0, 0.05) is 11.6 Å². The highest BCUT2D eigenvalue weighted by Gasteiger charge is 2.19. The molecule has 0 fully saturated rings. The predicted molar refractivity (Wildman–Crippen MR) is 94.4 cm³/mol. The highest BCUT2D eigenvalue weighted by molar-refractivity contribution is 5.41. The summed E-state index contributed by atoms with van der Waals surface area (Å²) >= 11 is 0. The molecular formula is C21H21NO. The second kappa shape index (κ2) is 7.12. The van der Waals surface area contributed by atoms with Crippen LogP contribution in [0.1, 0.15) is 35.7 Å². The largest absolute Gasteiger partial charge is 0.508 e. The highest BCUT2D eigenvalue weighted by atomic mass is 16.3. The third-order valence-corrected chi connectivity index (χ3v) is 4.10. The van der Waals surface area contributed by atoms with Crippen LogP contribution in [0.5, 0.6) is 5.75 Å². The molecule has 116 valence electrons. The maximum atomic E-state index is 10.3. The minimum atomic E-state index is -0.0624. The summed E-state index contributed by atoms with van der Waals surface area (Å²) in [6.07, 6.45) is 0. The molecule has 2 nitrogen and oxygen atoms in total. The molecule has 0 saturated heterocycles. The van der Waals surface area contributed by atoms with Crippen LogP contribution < -0.4 is 5.32 Å². The topological polar surface area (TPSA) is 32.3 Å². The molecule has 0 radical (unpaired) electrons. The van der Waals surface area contributed by atoms with Crippen molar-refractivity contribution in [2.75, 3.05) is 0 Å². The second-order valence-corrected chi connectivity index (χ2v) is 5.70. The van der Waals surface area contributed by atoms with Crippen molar-refractivity contribution in [3.8, 4) is 5.75 Å². The van der Waals surface area contributed by atoms with Crippen molar-refractivity contribution in [3.63, 3.8) is 0 Å². The Kier molecular flexibility index (Phi) is 4.74. The molecule has 2 heteroatoms. The van der Waals surface area contributed by atoms with Crippen LogP contribution in [-0.2, 0) is 0 Å². The van der Waals surface area contributed by atoms with Gasteiger partial charge in [0.2, 0.25) is 0 Å². The van der Waals surface area contributed by atoms with Crippen molar-refractivity contribution in [1.82, 2.24) is 5.32 Å². The Morgan fingerprint density at radius 2 is 1.22 bits per heavy atom. The molecule has 2 atom stereocenters. The van der Waals surface area contributed by atoms with Crippen molar-refractivity contribution < 1.29 is 5.11 Å². The van der Waals surface area contributed by atoms with E-state index in [4.69, 9.17) is 0 Å². The maximum absolute atomic E-state index is 10.3. The lowest BCUT2D eigenvalue weighted by Gasteiger charge is -2.25. The van der Waals surface area contributed by atoms with E-state index in [0.717, 1.165) is 11.1 Å². The molecule has 3 aromatic rings. The summed E-state index contributed by atoms with van der Waals surface area (Å²) in [5, 5.41) is 13.9. The van der Waals surface area contributed by atoms with Crippen molar-refractivity contribution in [3.05, 3.63) is 102 Å². The van der Waals surface area contributed by atoms with Gasteiger partial charge in [-0.1, -0.05) is 78.9 Å². The normalized spacial score (nSPS) is 13.4. The molecule has 0 aliphatic heterocycles. The van der Waals surface area contributed by atoms with Gasteiger partial charge in [-0.25, -0.2) is 0 Å². The number of para-hydroxylation sites is 1. The lowest BCUT2D eigenvalue weighted by atomic mass is 9.96. The number of aromatic hydroxyl groups is 1. The molecule has 3 rings (SSSR count). The number of rotatable bonds is 5. The Hall–Kier alpha value is -2.58. The molecule has 3 aromatic carbocycles. The van der Waals surface area contributed by atoms with Gasteiger partial charge in [-0.05, 0) is 24.1 Å². The Bertz CT molecular complexity index is 740. The first kappa shape index (κ1) is 15.3. The fourth-order valence-corrected chi connectivity index (χ4v) is 2.83. The first-order valence-corrected chi connectivity index (χ1v) is 7.89. The molecule has 0 bridgehead atoms. The first-order valence-electron chi connectivity index (χ1n) is 7.89. The van der Waals surface area contributed by atoms with E-state index in [2.05, 4.69) is 36.5 Å². The summed E-state index contributed by atoms with van der Waals surface area (Å²) in [5.41, 5.74) is 3.25. The number of phenols is 1. The third kappa shape index (κ3) is 3.61. The molecule has 0 amide bonds. The molecule has 0 aliphatic carbocycles. The van der Waals surface area contributed by atoms with E-state index >= 15 is 0 Å². The second-order valence-electron chi connectivity index (χ2n) is 5.70. The molecule has 0 spiro atoms. The average molecular weight is 303 g/mol. The zero-order valence-electron chi connectivity index (χ0n) is 13.2. The number of phenolic OH excluding ortho intramolecular Hbond substituents is 1. The minimum Gasteiger partial charge on any atom is -0.508 e. The molecule has 0 aromatic heterocycles. The highest BCUT2D eigenvalue weighted by Crippen LogP contribution is 2.31. The van der Waals surface area contributed by atoms with Gasteiger partial charge in [0.25, 0.3) is 0 Å². The zero-order chi connectivity index (χ0) is 16.1. The van der Waals surface area contributed by atoms with E-state index in [-0.39, 0.29) is 12.1 Å². The maximum Gasteiger partial charge on any atom is 0.120 e. The van der Waals surface area contributed by atoms with E-state index in [1.807, 2.05) is 54.6 Å². The van der Waals surface area contributed by atoms with Crippen LogP contribution in [0.2, 0.25) is 0 Å². The van der Waals surface area contributed by atoms with Crippen LogP contribution in [0.3, 0.4) is 0 Å². The number of hydrogen-bond donors (Lipinski definition) is 2. The molecule has 0 aliphatic rings. The van der Waals surface area contributed by atoms with Gasteiger partial charge in [0.05, 0.1) is 6.04 Å². The van der Waals surface area contributed by atoms with Crippen LogP contribution in [0, 0.1) is 0 Å². The first-order chi connectivity index (χ1) is 11.3. The summed E-state index contributed by atoms with van der Waals surface area (Å²) < 4.78 is 0. The summed E-state index contributed by atoms with van der Waals surface area (Å²) in [6.45, 7) is 2.14. The van der Waals surface area contributed by atoms with Crippen molar-refractivity contribution >= 4 is 0 Å². The van der Waals surface area contributed by atoms with Crippen LogP contribution >= 0.6 is 0 Å². The Morgan fingerprint density at radius 3 is 1.83 bits per heavy atom.